The van der Waals surface area contributed by atoms with Gasteiger partial charge in [-0.1, -0.05) is 33.6 Å². The van der Waals surface area contributed by atoms with Crippen LogP contribution in [0.15, 0.2) is 0 Å². The molecule has 0 spiro atoms. The molecular formula is C14H27NO2. The number of hydrogen-bond donors (Lipinski definition) is 2. The third kappa shape index (κ3) is 3.70. The normalized spacial score (nSPS) is 20.5. The van der Waals surface area contributed by atoms with Crippen molar-refractivity contribution in [2.45, 2.75) is 65.3 Å². The lowest BCUT2D eigenvalue weighted by Crippen LogP contribution is -2.46. The third-order valence-electron chi connectivity index (χ3n) is 3.89. The van der Waals surface area contributed by atoms with Crippen molar-refractivity contribution in [3.8, 4) is 0 Å². The molecular weight excluding hydrogens is 214 g/mol. The van der Waals surface area contributed by atoms with E-state index in [2.05, 4.69) is 19.2 Å². The first kappa shape index (κ1) is 14.5. The summed E-state index contributed by atoms with van der Waals surface area (Å²) in [7, 11) is 0. The predicted octanol–water partition coefficient (Wildman–Crippen LogP) is 2.48. The molecule has 3 heteroatoms. The predicted molar refractivity (Wildman–Crippen MR) is 69.7 cm³/mol. The molecule has 1 amide bonds. The first-order chi connectivity index (χ1) is 8.04. The zero-order chi connectivity index (χ0) is 12.9. The van der Waals surface area contributed by atoms with Crippen LogP contribution in [0.5, 0.6) is 0 Å². The van der Waals surface area contributed by atoms with Gasteiger partial charge in [-0.3, -0.25) is 4.79 Å². The highest BCUT2D eigenvalue weighted by Gasteiger charge is 2.41. The lowest BCUT2D eigenvalue weighted by molar-refractivity contribution is -0.132. The minimum absolute atomic E-state index is 0.0417. The number of hydrogen-bond acceptors (Lipinski definition) is 2. The second-order valence-corrected chi connectivity index (χ2v) is 5.85. The van der Waals surface area contributed by atoms with Gasteiger partial charge in [0, 0.05) is 5.41 Å². The van der Waals surface area contributed by atoms with Crippen molar-refractivity contribution in [2.75, 3.05) is 6.61 Å². The second kappa shape index (κ2) is 6.39. The minimum Gasteiger partial charge on any atom is -0.394 e. The molecule has 0 aromatic rings. The van der Waals surface area contributed by atoms with Crippen molar-refractivity contribution in [3.63, 3.8) is 0 Å². The number of rotatable bonds is 6. The van der Waals surface area contributed by atoms with Crippen molar-refractivity contribution in [1.82, 2.24) is 5.32 Å². The van der Waals surface area contributed by atoms with E-state index in [9.17, 15) is 4.79 Å². The average molecular weight is 241 g/mol. The van der Waals surface area contributed by atoms with E-state index >= 15 is 0 Å². The summed E-state index contributed by atoms with van der Waals surface area (Å²) in [5.74, 6) is 0.720. The molecule has 3 nitrogen and oxygen atoms in total. The summed E-state index contributed by atoms with van der Waals surface area (Å²) in [6.07, 6.45) is 6.12. The third-order valence-corrected chi connectivity index (χ3v) is 3.89. The molecule has 1 saturated carbocycles. The molecule has 0 aliphatic heterocycles. The van der Waals surface area contributed by atoms with Crippen LogP contribution in [0, 0.1) is 11.3 Å². The number of carbonyl (C=O) groups excluding carboxylic acids is 1. The summed E-state index contributed by atoms with van der Waals surface area (Å²) in [6, 6.07) is -0.0767. The largest absolute Gasteiger partial charge is 0.394 e. The van der Waals surface area contributed by atoms with Crippen LogP contribution in [0.1, 0.15) is 59.3 Å². The second-order valence-electron chi connectivity index (χ2n) is 5.85. The Labute approximate surface area is 105 Å². The number of aliphatic hydroxyl groups is 1. The Morgan fingerprint density at radius 1 is 1.35 bits per heavy atom. The van der Waals surface area contributed by atoms with E-state index < -0.39 is 0 Å². The molecule has 1 aliphatic carbocycles. The van der Waals surface area contributed by atoms with Crippen LogP contribution >= 0.6 is 0 Å². The van der Waals surface area contributed by atoms with Gasteiger partial charge in [-0.25, -0.2) is 0 Å². The van der Waals surface area contributed by atoms with Crippen molar-refractivity contribution in [1.29, 1.82) is 0 Å². The first-order valence-electron chi connectivity index (χ1n) is 6.96. The van der Waals surface area contributed by atoms with Crippen LogP contribution in [-0.4, -0.2) is 23.7 Å². The van der Waals surface area contributed by atoms with Gasteiger partial charge in [-0.05, 0) is 31.6 Å². The van der Waals surface area contributed by atoms with Gasteiger partial charge in [0.2, 0.25) is 5.91 Å². The molecule has 0 aromatic heterocycles. The summed E-state index contributed by atoms with van der Waals surface area (Å²) >= 11 is 0. The van der Waals surface area contributed by atoms with Gasteiger partial charge < -0.3 is 10.4 Å². The molecule has 0 aromatic carbocycles. The topological polar surface area (TPSA) is 49.3 Å². The zero-order valence-corrected chi connectivity index (χ0v) is 11.5. The maximum absolute atomic E-state index is 12.4. The molecule has 0 saturated heterocycles. The summed E-state index contributed by atoms with van der Waals surface area (Å²) < 4.78 is 0. The van der Waals surface area contributed by atoms with Gasteiger partial charge in [-0.2, -0.15) is 0 Å². The van der Waals surface area contributed by atoms with Crippen molar-refractivity contribution in [2.24, 2.45) is 11.3 Å². The Kier molecular flexibility index (Phi) is 5.44. The molecule has 1 atom stereocenters. The highest BCUT2D eigenvalue weighted by atomic mass is 16.3. The number of amides is 1. The van der Waals surface area contributed by atoms with Gasteiger partial charge >= 0.3 is 0 Å². The molecule has 1 unspecified atom stereocenters. The molecule has 0 heterocycles. The standard InChI is InChI=1S/C14H27NO2/c1-4-12(10-16)15-13(17)14(9-11(2)3)7-5-6-8-14/h11-12,16H,4-10H2,1-3H3,(H,15,17). The van der Waals surface area contributed by atoms with Crippen molar-refractivity contribution < 1.29 is 9.90 Å². The average Bonchev–Trinajstić information content (AvgIpc) is 2.74. The monoisotopic (exact) mass is 241 g/mol. The Morgan fingerprint density at radius 2 is 1.94 bits per heavy atom. The van der Waals surface area contributed by atoms with Crippen molar-refractivity contribution >= 4 is 5.91 Å². The zero-order valence-electron chi connectivity index (χ0n) is 11.5. The van der Waals surface area contributed by atoms with Crippen LogP contribution in [0.4, 0.5) is 0 Å². The fraction of sp³-hybridized carbons (Fsp3) is 0.929. The molecule has 100 valence electrons. The summed E-state index contributed by atoms with van der Waals surface area (Å²) in [6.45, 7) is 6.39. The smallest absolute Gasteiger partial charge is 0.226 e. The molecule has 17 heavy (non-hydrogen) atoms. The summed E-state index contributed by atoms with van der Waals surface area (Å²) in [4.78, 5) is 12.4. The molecule has 0 radical (unpaired) electrons. The lowest BCUT2D eigenvalue weighted by Gasteiger charge is -2.31. The highest BCUT2D eigenvalue weighted by Crippen LogP contribution is 2.43. The van der Waals surface area contributed by atoms with Crippen LogP contribution < -0.4 is 5.32 Å². The van der Waals surface area contributed by atoms with E-state index in [1.807, 2.05) is 6.92 Å². The fourth-order valence-electron chi connectivity index (χ4n) is 2.97. The van der Waals surface area contributed by atoms with Gasteiger partial charge in [0.25, 0.3) is 0 Å². The van der Waals surface area contributed by atoms with E-state index in [4.69, 9.17) is 5.11 Å². The molecule has 1 rings (SSSR count). The summed E-state index contributed by atoms with van der Waals surface area (Å²) in [5.41, 5.74) is -0.156. The SMILES string of the molecule is CCC(CO)NC(=O)C1(CC(C)C)CCCC1. The Morgan fingerprint density at radius 3 is 2.35 bits per heavy atom. The molecule has 1 fully saturated rings. The van der Waals surface area contributed by atoms with E-state index in [1.54, 1.807) is 0 Å². The molecule has 2 N–H and O–H groups in total. The quantitative estimate of drug-likeness (QED) is 0.750. The number of carbonyl (C=O) groups is 1. The Hall–Kier alpha value is -0.570. The first-order valence-corrected chi connectivity index (χ1v) is 6.96. The van der Waals surface area contributed by atoms with Crippen molar-refractivity contribution in [3.05, 3.63) is 0 Å². The van der Waals surface area contributed by atoms with E-state index in [0.29, 0.717) is 5.92 Å². The molecule has 0 bridgehead atoms. The van der Waals surface area contributed by atoms with Crippen LogP contribution in [0.25, 0.3) is 0 Å². The fourth-order valence-corrected chi connectivity index (χ4v) is 2.97. The summed E-state index contributed by atoms with van der Waals surface area (Å²) in [5, 5.41) is 12.2. The molecule has 1 aliphatic rings. The Balaban J connectivity index is 2.66. The van der Waals surface area contributed by atoms with Crippen LogP contribution in [-0.2, 0) is 4.79 Å². The van der Waals surface area contributed by atoms with Gasteiger partial charge in [0.15, 0.2) is 0 Å². The van der Waals surface area contributed by atoms with Crippen LogP contribution in [0.3, 0.4) is 0 Å². The Bertz CT molecular complexity index is 241. The lowest BCUT2D eigenvalue weighted by atomic mass is 9.77. The van der Waals surface area contributed by atoms with Gasteiger partial charge in [-0.15, -0.1) is 0 Å². The maximum atomic E-state index is 12.4. The van der Waals surface area contributed by atoms with Crippen LogP contribution in [0.2, 0.25) is 0 Å². The van der Waals surface area contributed by atoms with E-state index in [-0.39, 0.29) is 24.0 Å². The number of nitrogens with one attached hydrogen (secondary N) is 1. The highest BCUT2D eigenvalue weighted by molar-refractivity contribution is 5.83. The van der Waals surface area contributed by atoms with E-state index in [0.717, 1.165) is 38.5 Å². The van der Waals surface area contributed by atoms with Gasteiger partial charge in [0.1, 0.15) is 0 Å². The van der Waals surface area contributed by atoms with E-state index in [1.165, 1.54) is 0 Å². The number of aliphatic hydroxyl groups excluding tert-OH is 1. The minimum atomic E-state index is -0.156. The van der Waals surface area contributed by atoms with Gasteiger partial charge in [0.05, 0.1) is 12.6 Å². The maximum Gasteiger partial charge on any atom is 0.226 e.